The molecule has 1 atom stereocenters. The average molecular weight is 246 g/mol. The first kappa shape index (κ1) is 11.7. The zero-order valence-corrected chi connectivity index (χ0v) is 9.89. The quantitative estimate of drug-likeness (QED) is 0.824. The summed E-state index contributed by atoms with van der Waals surface area (Å²) >= 11 is 5.96. The maximum absolute atomic E-state index is 10.7. The smallest absolute Gasteiger partial charge is 0.207 e. The van der Waals surface area contributed by atoms with Crippen molar-refractivity contribution >= 4 is 18.0 Å². The fourth-order valence-corrected chi connectivity index (χ4v) is 1.98. The predicted octanol–water partition coefficient (Wildman–Crippen LogP) is 3.18. The van der Waals surface area contributed by atoms with E-state index in [9.17, 15) is 4.79 Å². The van der Waals surface area contributed by atoms with Crippen molar-refractivity contribution < 1.29 is 4.79 Å². The van der Waals surface area contributed by atoms with E-state index in [4.69, 9.17) is 11.6 Å². The normalized spacial score (nSPS) is 11.8. The van der Waals surface area contributed by atoms with E-state index in [1.54, 1.807) is 0 Å². The summed E-state index contributed by atoms with van der Waals surface area (Å²) < 4.78 is 0. The van der Waals surface area contributed by atoms with Crippen molar-refractivity contribution in [2.75, 3.05) is 0 Å². The summed E-state index contributed by atoms with van der Waals surface area (Å²) in [5.74, 6) is 0. The summed E-state index contributed by atoms with van der Waals surface area (Å²) in [6.07, 6.45) is 0.707. The first-order valence-corrected chi connectivity index (χ1v) is 5.69. The van der Waals surface area contributed by atoms with Crippen molar-refractivity contribution in [2.24, 2.45) is 0 Å². The van der Waals surface area contributed by atoms with Gasteiger partial charge >= 0.3 is 0 Å². The van der Waals surface area contributed by atoms with Gasteiger partial charge in [-0.3, -0.25) is 4.79 Å². The SMILES string of the molecule is O=CNC(c1ccccc1)c1cccc(Cl)c1. The molecule has 0 fully saturated rings. The summed E-state index contributed by atoms with van der Waals surface area (Å²) in [5, 5.41) is 3.47. The van der Waals surface area contributed by atoms with E-state index in [-0.39, 0.29) is 6.04 Å². The summed E-state index contributed by atoms with van der Waals surface area (Å²) in [5.41, 5.74) is 2.00. The first-order valence-electron chi connectivity index (χ1n) is 5.31. The van der Waals surface area contributed by atoms with E-state index in [0.29, 0.717) is 11.4 Å². The van der Waals surface area contributed by atoms with Crippen LogP contribution >= 0.6 is 11.6 Å². The molecule has 1 N–H and O–H groups in total. The molecule has 0 bridgehead atoms. The minimum Gasteiger partial charge on any atom is -0.348 e. The topological polar surface area (TPSA) is 29.1 Å². The van der Waals surface area contributed by atoms with Crippen molar-refractivity contribution in [3.05, 3.63) is 70.7 Å². The second-order valence-electron chi connectivity index (χ2n) is 3.68. The van der Waals surface area contributed by atoms with Crippen LogP contribution in [0.5, 0.6) is 0 Å². The second-order valence-corrected chi connectivity index (χ2v) is 4.12. The van der Waals surface area contributed by atoms with Crippen LogP contribution in [0.1, 0.15) is 17.2 Å². The molecule has 2 aromatic carbocycles. The Kier molecular flexibility index (Phi) is 3.78. The average Bonchev–Trinajstić information content (AvgIpc) is 2.37. The van der Waals surface area contributed by atoms with Crippen LogP contribution < -0.4 is 5.32 Å². The van der Waals surface area contributed by atoms with Crippen LogP contribution in [0.2, 0.25) is 5.02 Å². The fourth-order valence-electron chi connectivity index (χ4n) is 1.78. The molecule has 2 aromatic rings. The van der Waals surface area contributed by atoms with Gasteiger partial charge in [0, 0.05) is 5.02 Å². The zero-order chi connectivity index (χ0) is 12.1. The largest absolute Gasteiger partial charge is 0.348 e. The lowest BCUT2D eigenvalue weighted by atomic mass is 9.99. The van der Waals surface area contributed by atoms with E-state index >= 15 is 0 Å². The minimum atomic E-state index is -0.160. The van der Waals surface area contributed by atoms with Crippen LogP contribution in [0.15, 0.2) is 54.6 Å². The van der Waals surface area contributed by atoms with Gasteiger partial charge in [-0.1, -0.05) is 54.1 Å². The first-order chi connectivity index (χ1) is 8.31. The summed E-state index contributed by atoms with van der Waals surface area (Å²) in [6.45, 7) is 0. The molecular formula is C14H12ClNO. The molecule has 17 heavy (non-hydrogen) atoms. The van der Waals surface area contributed by atoms with Gasteiger partial charge in [-0.2, -0.15) is 0 Å². The molecule has 0 aliphatic rings. The van der Waals surface area contributed by atoms with Gasteiger partial charge in [0.15, 0.2) is 0 Å². The lowest BCUT2D eigenvalue weighted by Crippen LogP contribution is -2.20. The van der Waals surface area contributed by atoms with Crippen molar-refractivity contribution in [1.82, 2.24) is 5.32 Å². The number of halogens is 1. The van der Waals surface area contributed by atoms with Crippen LogP contribution in [0.25, 0.3) is 0 Å². The van der Waals surface area contributed by atoms with Gasteiger partial charge in [0.1, 0.15) is 0 Å². The molecule has 2 nitrogen and oxygen atoms in total. The Morgan fingerprint density at radius 1 is 1.00 bits per heavy atom. The Morgan fingerprint density at radius 2 is 1.71 bits per heavy atom. The van der Waals surface area contributed by atoms with Gasteiger partial charge in [-0.25, -0.2) is 0 Å². The highest BCUT2D eigenvalue weighted by molar-refractivity contribution is 6.30. The van der Waals surface area contributed by atoms with Crippen molar-refractivity contribution in [3.8, 4) is 0 Å². The molecule has 86 valence electrons. The van der Waals surface area contributed by atoms with Gasteiger partial charge in [0.05, 0.1) is 6.04 Å². The Morgan fingerprint density at radius 3 is 2.35 bits per heavy atom. The van der Waals surface area contributed by atoms with E-state index in [1.165, 1.54) is 0 Å². The number of benzene rings is 2. The maximum Gasteiger partial charge on any atom is 0.207 e. The zero-order valence-electron chi connectivity index (χ0n) is 9.14. The highest BCUT2D eigenvalue weighted by Gasteiger charge is 2.12. The molecule has 0 aliphatic heterocycles. The molecule has 1 amide bonds. The minimum absolute atomic E-state index is 0.160. The standard InChI is InChI=1S/C14H12ClNO/c15-13-8-4-7-12(9-13)14(16-10-17)11-5-2-1-3-6-11/h1-10,14H,(H,16,17). The summed E-state index contributed by atoms with van der Waals surface area (Å²) in [6, 6.07) is 17.1. The molecule has 2 rings (SSSR count). The maximum atomic E-state index is 10.7. The van der Waals surface area contributed by atoms with Crippen LogP contribution in [0.4, 0.5) is 0 Å². The molecule has 0 radical (unpaired) electrons. The summed E-state index contributed by atoms with van der Waals surface area (Å²) in [7, 11) is 0. The lowest BCUT2D eigenvalue weighted by Gasteiger charge is -2.17. The molecule has 0 aliphatic carbocycles. The number of hydrogen-bond donors (Lipinski definition) is 1. The Balaban J connectivity index is 2.39. The van der Waals surface area contributed by atoms with Crippen LogP contribution in [0.3, 0.4) is 0 Å². The second kappa shape index (κ2) is 5.51. The van der Waals surface area contributed by atoms with Crippen LogP contribution in [0, 0.1) is 0 Å². The number of hydrogen-bond acceptors (Lipinski definition) is 1. The van der Waals surface area contributed by atoms with Crippen LogP contribution in [-0.2, 0) is 4.79 Å². The monoisotopic (exact) mass is 245 g/mol. The molecule has 0 spiro atoms. The molecular weight excluding hydrogens is 234 g/mol. The molecule has 0 saturated heterocycles. The number of rotatable bonds is 4. The third kappa shape index (κ3) is 2.86. The van der Waals surface area contributed by atoms with Gasteiger partial charge in [0.2, 0.25) is 6.41 Å². The highest BCUT2D eigenvalue weighted by atomic mass is 35.5. The van der Waals surface area contributed by atoms with Crippen molar-refractivity contribution in [1.29, 1.82) is 0 Å². The molecule has 1 unspecified atom stereocenters. The molecule has 3 heteroatoms. The highest BCUT2D eigenvalue weighted by Crippen LogP contribution is 2.23. The Hall–Kier alpha value is -1.80. The molecule has 0 heterocycles. The van der Waals surface area contributed by atoms with Gasteiger partial charge in [-0.05, 0) is 23.3 Å². The number of nitrogens with one attached hydrogen (secondary N) is 1. The third-order valence-electron chi connectivity index (χ3n) is 2.55. The Bertz CT molecular complexity index is 499. The van der Waals surface area contributed by atoms with Crippen molar-refractivity contribution in [3.63, 3.8) is 0 Å². The van der Waals surface area contributed by atoms with Gasteiger partial charge in [-0.15, -0.1) is 0 Å². The van der Waals surface area contributed by atoms with E-state index in [0.717, 1.165) is 11.1 Å². The summed E-state index contributed by atoms with van der Waals surface area (Å²) in [4.78, 5) is 10.7. The van der Waals surface area contributed by atoms with E-state index in [1.807, 2.05) is 54.6 Å². The third-order valence-corrected chi connectivity index (χ3v) is 2.78. The van der Waals surface area contributed by atoms with Crippen LogP contribution in [-0.4, -0.2) is 6.41 Å². The van der Waals surface area contributed by atoms with E-state index < -0.39 is 0 Å². The lowest BCUT2D eigenvalue weighted by molar-refractivity contribution is -0.110. The number of carbonyl (C=O) groups excluding carboxylic acids is 1. The van der Waals surface area contributed by atoms with E-state index in [2.05, 4.69) is 5.32 Å². The fraction of sp³-hybridized carbons (Fsp3) is 0.0714. The molecule has 0 aromatic heterocycles. The number of amides is 1. The number of carbonyl (C=O) groups is 1. The van der Waals surface area contributed by atoms with Gasteiger partial charge in [0.25, 0.3) is 0 Å². The predicted molar refractivity (Wildman–Crippen MR) is 68.9 cm³/mol. The molecule has 0 saturated carbocycles. The van der Waals surface area contributed by atoms with Crippen molar-refractivity contribution in [2.45, 2.75) is 6.04 Å². The van der Waals surface area contributed by atoms with Gasteiger partial charge < -0.3 is 5.32 Å². The Labute approximate surface area is 105 Å².